The number of aromatic amines is 1. The van der Waals surface area contributed by atoms with Gasteiger partial charge in [0, 0.05) is 26.4 Å². The summed E-state index contributed by atoms with van der Waals surface area (Å²) in [5.41, 5.74) is 2.49. The molecular formula is C26H15NS. The first-order valence-corrected chi connectivity index (χ1v) is 10.4. The van der Waals surface area contributed by atoms with Gasteiger partial charge in [-0.05, 0) is 39.1 Å². The lowest BCUT2D eigenvalue weighted by Gasteiger charge is -2.11. The molecule has 0 unspecified atom stereocenters. The number of rotatable bonds is 0. The molecule has 28 heavy (non-hydrogen) atoms. The van der Waals surface area contributed by atoms with Gasteiger partial charge in [-0.3, -0.25) is 0 Å². The molecule has 0 atom stereocenters. The summed E-state index contributed by atoms with van der Waals surface area (Å²) in [6.45, 7) is 0. The quantitative estimate of drug-likeness (QED) is 0.259. The number of aromatic nitrogens is 1. The minimum Gasteiger partial charge on any atom is -0.353 e. The van der Waals surface area contributed by atoms with Crippen LogP contribution in [0.25, 0.3) is 63.5 Å². The van der Waals surface area contributed by atoms with Crippen LogP contribution >= 0.6 is 11.3 Å². The van der Waals surface area contributed by atoms with E-state index in [-0.39, 0.29) is 0 Å². The van der Waals surface area contributed by atoms with Crippen LogP contribution in [-0.4, -0.2) is 4.98 Å². The summed E-state index contributed by atoms with van der Waals surface area (Å²) in [5, 5.41) is 10.7. The molecule has 130 valence electrons. The van der Waals surface area contributed by atoms with Crippen LogP contribution in [0.2, 0.25) is 0 Å². The van der Waals surface area contributed by atoms with Gasteiger partial charge in [-0.15, -0.1) is 11.3 Å². The predicted octanol–water partition coefficient (Wildman–Crippen LogP) is 8.00. The Morgan fingerprint density at radius 2 is 1.07 bits per heavy atom. The Morgan fingerprint density at radius 1 is 0.500 bits per heavy atom. The molecule has 0 aliphatic carbocycles. The fourth-order valence-corrected chi connectivity index (χ4v) is 6.04. The Balaban J connectivity index is 1.86. The van der Waals surface area contributed by atoms with Crippen LogP contribution in [0.5, 0.6) is 0 Å². The van der Waals surface area contributed by atoms with Gasteiger partial charge in [0.1, 0.15) is 0 Å². The number of thiophene rings is 1. The number of hydrogen-bond acceptors (Lipinski definition) is 1. The molecule has 0 aliphatic rings. The summed E-state index contributed by atoms with van der Waals surface area (Å²) in [6.07, 6.45) is 0. The third-order valence-electron chi connectivity index (χ3n) is 5.99. The van der Waals surface area contributed by atoms with Gasteiger partial charge in [0.2, 0.25) is 0 Å². The van der Waals surface area contributed by atoms with E-state index in [0.29, 0.717) is 0 Å². The van der Waals surface area contributed by atoms with E-state index in [1.54, 1.807) is 0 Å². The number of H-pyrrole nitrogens is 1. The highest BCUT2D eigenvalue weighted by molar-refractivity contribution is 7.26. The Morgan fingerprint density at radius 3 is 1.82 bits per heavy atom. The van der Waals surface area contributed by atoms with Crippen molar-refractivity contribution >= 4 is 74.9 Å². The number of fused-ring (bicyclic) bond motifs is 12. The minimum absolute atomic E-state index is 1.22. The smallest absolute Gasteiger partial charge is 0.0654 e. The second-order valence-electron chi connectivity index (χ2n) is 7.43. The molecule has 0 radical (unpaired) electrons. The summed E-state index contributed by atoms with van der Waals surface area (Å²) >= 11 is 1.90. The molecule has 2 heterocycles. The molecule has 0 saturated carbocycles. The molecule has 2 heteroatoms. The van der Waals surface area contributed by atoms with E-state index in [0.717, 1.165) is 0 Å². The van der Waals surface area contributed by atoms with Crippen molar-refractivity contribution in [3.8, 4) is 0 Å². The molecule has 7 aromatic rings. The first kappa shape index (κ1) is 14.7. The average Bonchev–Trinajstić information content (AvgIpc) is 3.29. The molecule has 1 N–H and O–H groups in total. The summed E-state index contributed by atoms with van der Waals surface area (Å²) in [7, 11) is 0. The number of benzene rings is 5. The highest BCUT2D eigenvalue weighted by atomic mass is 32.1. The molecule has 7 rings (SSSR count). The van der Waals surface area contributed by atoms with Gasteiger partial charge in [0.05, 0.1) is 10.2 Å². The Bertz CT molecular complexity index is 1680. The van der Waals surface area contributed by atoms with Crippen LogP contribution in [0.3, 0.4) is 0 Å². The van der Waals surface area contributed by atoms with E-state index in [2.05, 4.69) is 89.9 Å². The lowest BCUT2D eigenvalue weighted by molar-refractivity contribution is 1.58. The fraction of sp³-hybridized carbons (Fsp3) is 0. The monoisotopic (exact) mass is 373 g/mol. The molecule has 0 bridgehead atoms. The van der Waals surface area contributed by atoms with Crippen molar-refractivity contribution in [3.05, 3.63) is 84.9 Å². The van der Waals surface area contributed by atoms with Gasteiger partial charge in [-0.1, -0.05) is 72.8 Å². The predicted molar refractivity (Wildman–Crippen MR) is 124 cm³/mol. The number of nitrogens with one attached hydrogen (secondary N) is 1. The van der Waals surface area contributed by atoms with Crippen LogP contribution < -0.4 is 0 Å². The van der Waals surface area contributed by atoms with Crippen LogP contribution in [0.1, 0.15) is 0 Å². The zero-order valence-corrected chi connectivity index (χ0v) is 15.8. The molecular weight excluding hydrogens is 358 g/mol. The lowest BCUT2D eigenvalue weighted by atomic mass is 9.92. The first-order chi connectivity index (χ1) is 13.9. The standard InChI is InChI=1S/C26H15NS/c1-2-9-17-15(7-1)16-8-3-4-10-18(16)23-19(17)13-14-21-24(23)26-25(27-21)20-11-5-6-12-22(20)28-26/h1-14,27H. The highest BCUT2D eigenvalue weighted by Gasteiger charge is 2.17. The van der Waals surface area contributed by atoms with E-state index in [9.17, 15) is 0 Å². The Kier molecular flexibility index (Phi) is 2.68. The SMILES string of the molecule is c1ccc2c(c1)sc1c2[nH]c2ccc3c4ccccc4c4ccccc4c3c21. The van der Waals surface area contributed by atoms with Gasteiger partial charge in [-0.2, -0.15) is 0 Å². The van der Waals surface area contributed by atoms with Crippen molar-refractivity contribution in [3.63, 3.8) is 0 Å². The molecule has 0 aliphatic heterocycles. The van der Waals surface area contributed by atoms with Crippen molar-refractivity contribution in [1.29, 1.82) is 0 Å². The topological polar surface area (TPSA) is 15.8 Å². The molecule has 0 saturated heterocycles. The van der Waals surface area contributed by atoms with Crippen molar-refractivity contribution in [2.75, 3.05) is 0 Å². The second kappa shape index (κ2) is 5.12. The zero-order valence-electron chi connectivity index (χ0n) is 15.0. The first-order valence-electron chi connectivity index (χ1n) is 9.55. The summed E-state index contributed by atoms with van der Waals surface area (Å²) in [6, 6.07) is 30.8. The third-order valence-corrected chi connectivity index (χ3v) is 7.18. The van der Waals surface area contributed by atoms with Crippen LogP contribution in [-0.2, 0) is 0 Å². The van der Waals surface area contributed by atoms with E-state index in [1.165, 1.54) is 63.5 Å². The van der Waals surface area contributed by atoms with Gasteiger partial charge in [0.25, 0.3) is 0 Å². The van der Waals surface area contributed by atoms with Gasteiger partial charge < -0.3 is 4.98 Å². The molecule has 0 amide bonds. The summed E-state index contributed by atoms with van der Waals surface area (Å²) in [5.74, 6) is 0. The van der Waals surface area contributed by atoms with E-state index in [4.69, 9.17) is 0 Å². The normalized spacial score (nSPS) is 12.3. The molecule has 0 spiro atoms. The van der Waals surface area contributed by atoms with Crippen LogP contribution in [0.15, 0.2) is 84.9 Å². The lowest BCUT2D eigenvalue weighted by Crippen LogP contribution is -1.83. The molecule has 5 aromatic carbocycles. The highest BCUT2D eigenvalue weighted by Crippen LogP contribution is 2.45. The zero-order chi connectivity index (χ0) is 18.2. The Hall–Kier alpha value is -3.36. The van der Waals surface area contributed by atoms with Crippen molar-refractivity contribution in [2.24, 2.45) is 0 Å². The van der Waals surface area contributed by atoms with Gasteiger partial charge in [-0.25, -0.2) is 0 Å². The van der Waals surface area contributed by atoms with E-state index in [1.807, 2.05) is 11.3 Å². The summed E-state index contributed by atoms with van der Waals surface area (Å²) < 4.78 is 2.70. The van der Waals surface area contributed by atoms with E-state index >= 15 is 0 Å². The van der Waals surface area contributed by atoms with Gasteiger partial charge in [0.15, 0.2) is 0 Å². The molecule has 1 nitrogen and oxygen atoms in total. The van der Waals surface area contributed by atoms with Crippen LogP contribution in [0, 0.1) is 0 Å². The maximum Gasteiger partial charge on any atom is 0.0654 e. The molecule has 0 fully saturated rings. The molecule has 2 aromatic heterocycles. The van der Waals surface area contributed by atoms with Crippen molar-refractivity contribution in [2.45, 2.75) is 0 Å². The largest absolute Gasteiger partial charge is 0.353 e. The van der Waals surface area contributed by atoms with Gasteiger partial charge >= 0.3 is 0 Å². The van der Waals surface area contributed by atoms with Crippen LogP contribution in [0.4, 0.5) is 0 Å². The Labute approximate surface area is 164 Å². The second-order valence-corrected chi connectivity index (χ2v) is 8.48. The number of hydrogen-bond donors (Lipinski definition) is 1. The fourth-order valence-electron chi connectivity index (χ4n) is 4.82. The van der Waals surface area contributed by atoms with Crippen molar-refractivity contribution < 1.29 is 0 Å². The maximum atomic E-state index is 3.72. The minimum atomic E-state index is 1.22. The third kappa shape index (κ3) is 1.71. The summed E-state index contributed by atoms with van der Waals surface area (Å²) in [4.78, 5) is 3.72. The van der Waals surface area contributed by atoms with E-state index < -0.39 is 0 Å². The average molecular weight is 373 g/mol. The maximum absolute atomic E-state index is 3.72. The van der Waals surface area contributed by atoms with Crippen molar-refractivity contribution in [1.82, 2.24) is 4.98 Å².